The minimum atomic E-state index is -0.808. The van der Waals surface area contributed by atoms with E-state index < -0.39 is 5.97 Å². The molecule has 0 unspecified atom stereocenters. The Morgan fingerprint density at radius 1 is 1.33 bits per heavy atom. The molecule has 1 N–H and O–H groups in total. The minimum Gasteiger partial charge on any atom is -0.481 e. The average Bonchev–Trinajstić information content (AvgIpc) is 2.31. The number of fused-ring (bicyclic) bond motifs is 1. The Bertz CT molecular complexity index is 623. The lowest BCUT2D eigenvalue weighted by atomic mass is 10.0. The highest BCUT2D eigenvalue weighted by atomic mass is 35.5. The van der Waals surface area contributed by atoms with Gasteiger partial charge in [0.15, 0.2) is 0 Å². The SMILES string of the molecule is Cc1ccc(Cl)c2c(C)cc(CCC(=O)O)nc12. The standard InChI is InChI=1S/C14H14ClNO2/c1-8-3-5-11(15)13-9(2)7-10(16-14(8)13)4-6-12(17)18/h3,5,7H,4,6H2,1-2H3,(H,17,18). The molecule has 0 amide bonds. The number of benzene rings is 1. The van der Waals surface area contributed by atoms with Crippen molar-refractivity contribution in [2.75, 3.05) is 0 Å². The van der Waals surface area contributed by atoms with Crippen LogP contribution < -0.4 is 0 Å². The topological polar surface area (TPSA) is 50.2 Å². The molecule has 94 valence electrons. The minimum absolute atomic E-state index is 0.0948. The third-order valence-corrected chi connectivity index (χ3v) is 3.27. The lowest BCUT2D eigenvalue weighted by molar-refractivity contribution is -0.136. The predicted octanol–water partition coefficient (Wildman–Crippen LogP) is 3.52. The summed E-state index contributed by atoms with van der Waals surface area (Å²) in [5, 5.41) is 10.3. The van der Waals surface area contributed by atoms with Crippen LogP contribution in [0.3, 0.4) is 0 Å². The Kier molecular flexibility index (Phi) is 3.53. The van der Waals surface area contributed by atoms with E-state index in [1.54, 1.807) is 0 Å². The summed E-state index contributed by atoms with van der Waals surface area (Å²) in [5.74, 6) is -0.808. The zero-order valence-electron chi connectivity index (χ0n) is 10.3. The van der Waals surface area contributed by atoms with Gasteiger partial charge >= 0.3 is 5.97 Å². The van der Waals surface area contributed by atoms with Gasteiger partial charge in [-0.2, -0.15) is 0 Å². The van der Waals surface area contributed by atoms with Gasteiger partial charge in [0, 0.05) is 17.5 Å². The average molecular weight is 264 g/mol. The molecule has 1 aromatic heterocycles. The molecule has 18 heavy (non-hydrogen) atoms. The summed E-state index contributed by atoms with van der Waals surface area (Å²) in [6.07, 6.45) is 0.537. The Balaban J connectivity index is 2.54. The molecule has 0 bridgehead atoms. The number of hydrogen-bond acceptors (Lipinski definition) is 2. The summed E-state index contributed by atoms with van der Waals surface area (Å²) < 4.78 is 0. The third kappa shape index (κ3) is 2.46. The molecule has 0 aliphatic rings. The summed E-state index contributed by atoms with van der Waals surface area (Å²) >= 11 is 6.18. The maximum Gasteiger partial charge on any atom is 0.303 e. The van der Waals surface area contributed by atoms with E-state index in [0.29, 0.717) is 11.4 Å². The fourth-order valence-electron chi connectivity index (χ4n) is 2.05. The Morgan fingerprint density at radius 3 is 2.72 bits per heavy atom. The number of halogens is 1. The fraction of sp³-hybridized carbons (Fsp3) is 0.286. The van der Waals surface area contributed by atoms with Gasteiger partial charge in [0.05, 0.1) is 17.0 Å². The van der Waals surface area contributed by atoms with Crippen LogP contribution in [0.25, 0.3) is 10.9 Å². The lowest BCUT2D eigenvalue weighted by Gasteiger charge is -2.09. The van der Waals surface area contributed by atoms with Crippen molar-refractivity contribution in [2.45, 2.75) is 26.7 Å². The second-order valence-electron chi connectivity index (χ2n) is 4.41. The molecule has 0 spiro atoms. The monoisotopic (exact) mass is 263 g/mol. The van der Waals surface area contributed by atoms with Crippen LogP contribution in [0.4, 0.5) is 0 Å². The van der Waals surface area contributed by atoms with Crippen molar-refractivity contribution in [3.8, 4) is 0 Å². The molecule has 0 saturated heterocycles. The van der Waals surface area contributed by atoms with Crippen molar-refractivity contribution in [1.82, 2.24) is 4.98 Å². The number of hydrogen-bond donors (Lipinski definition) is 1. The highest BCUT2D eigenvalue weighted by molar-refractivity contribution is 6.35. The Hall–Kier alpha value is -1.61. The normalized spacial score (nSPS) is 10.8. The van der Waals surface area contributed by atoms with Gasteiger partial charge in [-0.05, 0) is 37.1 Å². The molecule has 0 saturated carbocycles. The van der Waals surface area contributed by atoms with Crippen molar-refractivity contribution in [3.05, 3.63) is 40.0 Å². The third-order valence-electron chi connectivity index (χ3n) is 2.96. The number of aryl methyl sites for hydroxylation is 3. The van der Waals surface area contributed by atoms with Gasteiger partial charge in [0.2, 0.25) is 0 Å². The van der Waals surface area contributed by atoms with Crippen molar-refractivity contribution >= 4 is 28.5 Å². The first-order valence-corrected chi connectivity index (χ1v) is 6.14. The Labute approximate surface area is 110 Å². The van der Waals surface area contributed by atoms with Crippen molar-refractivity contribution < 1.29 is 9.90 Å². The molecule has 0 radical (unpaired) electrons. The van der Waals surface area contributed by atoms with Gasteiger partial charge in [-0.3, -0.25) is 9.78 Å². The first-order chi connectivity index (χ1) is 8.49. The molecule has 2 rings (SSSR count). The number of carboxylic acid groups (broad SMARTS) is 1. The van der Waals surface area contributed by atoms with Gasteiger partial charge in [-0.1, -0.05) is 17.7 Å². The molecule has 1 aromatic carbocycles. The molecule has 1 heterocycles. The number of nitrogens with zero attached hydrogens (tertiary/aromatic N) is 1. The van der Waals surface area contributed by atoms with Crippen molar-refractivity contribution in [1.29, 1.82) is 0 Å². The van der Waals surface area contributed by atoms with E-state index in [1.807, 2.05) is 32.0 Å². The van der Waals surface area contributed by atoms with Crippen LogP contribution in [0.5, 0.6) is 0 Å². The molecule has 0 aliphatic carbocycles. The fourth-order valence-corrected chi connectivity index (χ4v) is 2.35. The van der Waals surface area contributed by atoms with Gasteiger partial charge in [0.1, 0.15) is 0 Å². The van der Waals surface area contributed by atoms with Gasteiger partial charge < -0.3 is 5.11 Å². The number of rotatable bonds is 3. The van der Waals surface area contributed by atoms with Crippen LogP contribution >= 0.6 is 11.6 Å². The van der Waals surface area contributed by atoms with Gasteiger partial charge in [-0.25, -0.2) is 0 Å². The summed E-state index contributed by atoms with van der Waals surface area (Å²) in [4.78, 5) is 15.1. The first kappa shape index (κ1) is 12.8. The van der Waals surface area contributed by atoms with E-state index in [0.717, 1.165) is 27.7 Å². The number of carboxylic acids is 1. The predicted molar refractivity (Wildman–Crippen MR) is 72.2 cm³/mol. The Morgan fingerprint density at radius 2 is 2.06 bits per heavy atom. The van der Waals surface area contributed by atoms with Crippen LogP contribution in [0, 0.1) is 13.8 Å². The molecule has 3 nitrogen and oxygen atoms in total. The van der Waals surface area contributed by atoms with Gasteiger partial charge in [0.25, 0.3) is 0 Å². The maximum atomic E-state index is 10.6. The quantitative estimate of drug-likeness (QED) is 0.922. The summed E-state index contributed by atoms with van der Waals surface area (Å²) in [5.41, 5.74) is 3.75. The summed E-state index contributed by atoms with van der Waals surface area (Å²) in [6.45, 7) is 3.95. The highest BCUT2D eigenvalue weighted by Gasteiger charge is 2.09. The molecule has 0 atom stereocenters. The van der Waals surface area contributed by atoms with E-state index in [4.69, 9.17) is 16.7 Å². The van der Waals surface area contributed by atoms with Crippen molar-refractivity contribution in [3.63, 3.8) is 0 Å². The maximum absolute atomic E-state index is 10.6. The molecule has 0 aliphatic heterocycles. The molecule has 4 heteroatoms. The first-order valence-electron chi connectivity index (χ1n) is 5.76. The number of aromatic nitrogens is 1. The summed E-state index contributed by atoms with van der Waals surface area (Å²) in [7, 11) is 0. The highest BCUT2D eigenvalue weighted by Crippen LogP contribution is 2.28. The van der Waals surface area contributed by atoms with Crippen LogP contribution in [0.1, 0.15) is 23.2 Å². The summed E-state index contributed by atoms with van der Waals surface area (Å²) in [6, 6.07) is 5.71. The van der Waals surface area contributed by atoms with Crippen molar-refractivity contribution in [2.24, 2.45) is 0 Å². The van der Waals surface area contributed by atoms with E-state index in [2.05, 4.69) is 4.98 Å². The molecule has 2 aromatic rings. The second kappa shape index (κ2) is 4.94. The molecule has 0 fully saturated rings. The number of pyridine rings is 1. The van der Waals surface area contributed by atoms with E-state index in [-0.39, 0.29) is 6.42 Å². The lowest BCUT2D eigenvalue weighted by Crippen LogP contribution is -2.01. The largest absolute Gasteiger partial charge is 0.481 e. The van der Waals surface area contributed by atoms with E-state index >= 15 is 0 Å². The zero-order chi connectivity index (χ0) is 13.3. The van der Waals surface area contributed by atoms with Crippen LogP contribution in [-0.4, -0.2) is 16.1 Å². The van der Waals surface area contributed by atoms with Gasteiger partial charge in [-0.15, -0.1) is 0 Å². The molecular formula is C14H14ClNO2. The van der Waals surface area contributed by atoms with Crippen LogP contribution in [0.2, 0.25) is 5.02 Å². The second-order valence-corrected chi connectivity index (χ2v) is 4.82. The number of aliphatic carboxylic acids is 1. The van der Waals surface area contributed by atoms with Crippen LogP contribution in [-0.2, 0) is 11.2 Å². The van der Waals surface area contributed by atoms with Crippen LogP contribution in [0.15, 0.2) is 18.2 Å². The number of carbonyl (C=O) groups is 1. The molecular weight excluding hydrogens is 250 g/mol. The van der Waals surface area contributed by atoms with E-state index in [9.17, 15) is 4.79 Å². The van der Waals surface area contributed by atoms with E-state index in [1.165, 1.54) is 0 Å². The zero-order valence-corrected chi connectivity index (χ0v) is 11.1. The smallest absolute Gasteiger partial charge is 0.303 e.